The lowest BCUT2D eigenvalue weighted by Gasteiger charge is -2.10. The van der Waals surface area contributed by atoms with E-state index in [-0.39, 0.29) is 17.6 Å². The molecule has 1 unspecified atom stereocenters. The Labute approximate surface area is 105 Å². The molecule has 0 radical (unpaired) electrons. The molecule has 0 fully saturated rings. The maximum Gasteiger partial charge on any atom is 0.270 e. The van der Waals surface area contributed by atoms with E-state index in [2.05, 4.69) is 9.98 Å². The van der Waals surface area contributed by atoms with Crippen LogP contribution in [0, 0.1) is 10.1 Å². The Morgan fingerprint density at radius 1 is 1.39 bits per heavy atom. The average Bonchev–Trinajstić information content (AvgIpc) is 2.67. The first-order valence-corrected chi connectivity index (χ1v) is 5.86. The van der Waals surface area contributed by atoms with E-state index in [4.69, 9.17) is 5.73 Å². The smallest absolute Gasteiger partial charge is 0.270 e. The number of nitro benzene ring substituents is 1. The summed E-state index contributed by atoms with van der Waals surface area (Å²) in [5, 5.41) is 10.2. The Morgan fingerprint density at radius 2 is 2.17 bits per heavy atom. The topological polar surface area (TPSA) is 111 Å². The van der Waals surface area contributed by atoms with E-state index in [0.29, 0.717) is 16.2 Å². The third kappa shape index (κ3) is 1.50. The zero-order valence-electron chi connectivity index (χ0n) is 8.86. The number of nitro groups is 1. The standard InChI is InChI=1S/C10H6N4O3S/c11-10-12-7-5-2-1-4(14(16)17)3-6(5)18-8(7)9(15)13-10/h1-3,8H,(H2,11,13,15). The fourth-order valence-electron chi connectivity index (χ4n) is 1.86. The van der Waals surface area contributed by atoms with E-state index in [1.165, 1.54) is 23.9 Å². The quantitative estimate of drug-likeness (QED) is 0.592. The highest BCUT2D eigenvalue weighted by Crippen LogP contribution is 2.40. The van der Waals surface area contributed by atoms with Crippen LogP contribution < -0.4 is 5.73 Å². The SMILES string of the molecule is NC1=NC(=O)C2Sc3cc([N+](=O)[O-])ccc3C2=N1. The summed E-state index contributed by atoms with van der Waals surface area (Å²) in [6, 6.07) is 4.41. The maximum absolute atomic E-state index is 11.7. The van der Waals surface area contributed by atoms with Gasteiger partial charge >= 0.3 is 0 Å². The minimum atomic E-state index is -0.533. The van der Waals surface area contributed by atoms with Crippen molar-refractivity contribution < 1.29 is 9.72 Å². The predicted octanol–water partition coefficient (Wildman–Crippen LogP) is 0.713. The number of aliphatic imine (C=N–C) groups is 2. The number of hydrogen-bond donors (Lipinski definition) is 1. The second-order valence-corrected chi connectivity index (χ2v) is 4.89. The van der Waals surface area contributed by atoms with Crippen molar-refractivity contribution in [1.82, 2.24) is 0 Å². The van der Waals surface area contributed by atoms with Crippen molar-refractivity contribution in [3.63, 3.8) is 0 Å². The van der Waals surface area contributed by atoms with Crippen molar-refractivity contribution in [1.29, 1.82) is 0 Å². The van der Waals surface area contributed by atoms with Gasteiger partial charge in [0.1, 0.15) is 5.25 Å². The molecule has 18 heavy (non-hydrogen) atoms. The number of thioether (sulfide) groups is 1. The predicted molar refractivity (Wildman–Crippen MR) is 65.9 cm³/mol. The van der Waals surface area contributed by atoms with Gasteiger partial charge in [-0.1, -0.05) is 0 Å². The van der Waals surface area contributed by atoms with Crippen LogP contribution in [0.15, 0.2) is 33.1 Å². The number of amides is 1. The molecule has 0 saturated heterocycles. The minimum absolute atomic E-state index is 0.0122. The highest BCUT2D eigenvalue weighted by molar-refractivity contribution is 8.02. The summed E-state index contributed by atoms with van der Waals surface area (Å²) in [5.74, 6) is -0.445. The van der Waals surface area contributed by atoms with Crippen molar-refractivity contribution in [3.05, 3.63) is 33.9 Å². The lowest BCUT2D eigenvalue weighted by Crippen LogP contribution is -2.31. The summed E-state index contributed by atoms with van der Waals surface area (Å²) in [4.78, 5) is 30.2. The zero-order valence-corrected chi connectivity index (χ0v) is 9.68. The van der Waals surface area contributed by atoms with Crippen LogP contribution in [0.4, 0.5) is 5.69 Å². The Kier molecular flexibility index (Phi) is 2.20. The number of guanidine groups is 1. The Bertz CT molecular complexity index is 653. The van der Waals surface area contributed by atoms with Crippen LogP contribution in [0.5, 0.6) is 0 Å². The molecule has 2 aliphatic heterocycles. The fraction of sp³-hybridized carbons (Fsp3) is 0.100. The van der Waals surface area contributed by atoms with Crippen LogP contribution in [0.25, 0.3) is 0 Å². The number of carbonyl (C=O) groups excluding carboxylic acids is 1. The monoisotopic (exact) mass is 262 g/mol. The van der Waals surface area contributed by atoms with Gasteiger partial charge in [0.15, 0.2) is 0 Å². The van der Waals surface area contributed by atoms with Gasteiger partial charge in [-0.25, -0.2) is 4.99 Å². The first-order chi connectivity index (χ1) is 8.56. The van der Waals surface area contributed by atoms with E-state index in [1.807, 2.05) is 0 Å². The second kappa shape index (κ2) is 3.64. The number of fused-ring (bicyclic) bond motifs is 3. The third-order valence-electron chi connectivity index (χ3n) is 2.63. The number of nitrogens with two attached hydrogens (primary N) is 1. The van der Waals surface area contributed by atoms with E-state index in [0.717, 1.165) is 0 Å². The highest BCUT2D eigenvalue weighted by atomic mass is 32.2. The number of benzene rings is 1. The summed E-state index contributed by atoms with van der Waals surface area (Å²) >= 11 is 1.21. The van der Waals surface area contributed by atoms with Crippen LogP contribution in [0.3, 0.4) is 0 Å². The van der Waals surface area contributed by atoms with Gasteiger partial charge in [-0.2, -0.15) is 4.99 Å². The summed E-state index contributed by atoms with van der Waals surface area (Å²) in [6.07, 6.45) is 0. The maximum atomic E-state index is 11.7. The third-order valence-corrected chi connectivity index (χ3v) is 3.88. The summed E-state index contributed by atoms with van der Waals surface area (Å²) in [6.45, 7) is 0. The van der Waals surface area contributed by atoms with Crippen molar-refractivity contribution >= 4 is 35.0 Å². The molecule has 7 nitrogen and oxygen atoms in total. The van der Waals surface area contributed by atoms with Crippen molar-refractivity contribution in [3.8, 4) is 0 Å². The molecule has 1 aromatic rings. The Hall–Kier alpha value is -2.22. The molecule has 1 atom stereocenters. The molecule has 0 saturated carbocycles. The van der Waals surface area contributed by atoms with Crippen molar-refractivity contribution in [2.45, 2.75) is 10.1 Å². The zero-order chi connectivity index (χ0) is 12.9. The summed E-state index contributed by atoms with van der Waals surface area (Å²) < 4.78 is 0. The number of carbonyl (C=O) groups is 1. The van der Waals surface area contributed by atoms with E-state index in [9.17, 15) is 14.9 Å². The first-order valence-electron chi connectivity index (χ1n) is 4.98. The summed E-state index contributed by atoms with van der Waals surface area (Å²) in [7, 11) is 0. The van der Waals surface area contributed by atoms with Crippen LogP contribution in [-0.2, 0) is 4.79 Å². The molecule has 1 amide bonds. The summed E-state index contributed by atoms with van der Waals surface area (Å²) in [5.41, 5.74) is 6.67. The molecule has 2 N–H and O–H groups in total. The molecule has 3 rings (SSSR count). The van der Waals surface area contributed by atoms with Crippen LogP contribution in [0.2, 0.25) is 0 Å². The van der Waals surface area contributed by atoms with Crippen LogP contribution in [-0.4, -0.2) is 27.8 Å². The lowest BCUT2D eigenvalue weighted by molar-refractivity contribution is -0.385. The normalized spacial score (nSPS) is 20.9. The lowest BCUT2D eigenvalue weighted by atomic mass is 10.1. The van der Waals surface area contributed by atoms with E-state index >= 15 is 0 Å². The number of hydrogen-bond acceptors (Lipinski definition) is 6. The molecule has 0 spiro atoms. The molecule has 90 valence electrons. The molecular formula is C10H6N4O3S. The molecule has 0 bridgehead atoms. The largest absolute Gasteiger partial charge is 0.368 e. The molecular weight excluding hydrogens is 256 g/mol. The van der Waals surface area contributed by atoms with Gasteiger partial charge < -0.3 is 5.73 Å². The van der Waals surface area contributed by atoms with Gasteiger partial charge in [0.2, 0.25) is 5.96 Å². The van der Waals surface area contributed by atoms with E-state index < -0.39 is 10.2 Å². The van der Waals surface area contributed by atoms with Gasteiger partial charge in [0.25, 0.3) is 11.6 Å². The van der Waals surface area contributed by atoms with Crippen molar-refractivity contribution in [2.75, 3.05) is 0 Å². The second-order valence-electron chi connectivity index (χ2n) is 3.74. The number of non-ortho nitro benzene ring substituents is 1. The Balaban J connectivity index is 2.12. The molecule has 0 aromatic heterocycles. The van der Waals surface area contributed by atoms with Crippen LogP contribution >= 0.6 is 11.8 Å². The van der Waals surface area contributed by atoms with Crippen molar-refractivity contribution in [2.24, 2.45) is 15.7 Å². The molecule has 8 heteroatoms. The first kappa shape index (κ1) is 10.9. The fourth-order valence-corrected chi connectivity index (χ4v) is 3.05. The molecule has 1 aromatic carbocycles. The number of rotatable bonds is 1. The minimum Gasteiger partial charge on any atom is -0.368 e. The van der Waals surface area contributed by atoms with E-state index in [1.54, 1.807) is 6.07 Å². The van der Waals surface area contributed by atoms with Gasteiger partial charge in [-0.3, -0.25) is 14.9 Å². The molecule has 2 heterocycles. The number of nitrogens with zero attached hydrogens (tertiary/aromatic N) is 3. The average molecular weight is 262 g/mol. The van der Waals surface area contributed by atoms with Gasteiger partial charge in [0, 0.05) is 22.6 Å². The van der Waals surface area contributed by atoms with Crippen LogP contribution in [0.1, 0.15) is 5.56 Å². The highest BCUT2D eigenvalue weighted by Gasteiger charge is 2.38. The van der Waals surface area contributed by atoms with Gasteiger partial charge in [0.05, 0.1) is 10.6 Å². The molecule has 0 aliphatic carbocycles. The molecule has 2 aliphatic rings. The Morgan fingerprint density at radius 3 is 2.89 bits per heavy atom. The van der Waals surface area contributed by atoms with Gasteiger partial charge in [-0.15, -0.1) is 11.8 Å². The van der Waals surface area contributed by atoms with Gasteiger partial charge in [-0.05, 0) is 6.07 Å².